The molecule has 13 heteroatoms. The summed E-state index contributed by atoms with van der Waals surface area (Å²) < 4.78 is 74.8. The first-order valence-electron chi connectivity index (χ1n) is 10.1. The van der Waals surface area contributed by atoms with Gasteiger partial charge in [-0.15, -0.1) is 0 Å². The van der Waals surface area contributed by atoms with Crippen LogP contribution in [0.3, 0.4) is 0 Å². The van der Waals surface area contributed by atoms with E-state index >= 15 is 0 Å². The molecule has 0 saturated carbocycles. The average Bonchev–Trinajstić information content (AvgIpc) is 3.11. The van der Waals surface area contributed by atoms with Crippen LogP contribution in [0.5, 0.6) is 0 Å². The average molecular weight is 502 g/mol. The molecule has 2 aromatic carbocycles. The highest BCUT2D eigenvalue weighted by atomic mass is 19.4. The number of hydrogen-bond donors (Lipinski definition) is 2. The number of carboxylic acid groups (broad SMARTS) is 1. The second-order valence-corrected chi connectivity index (χ2v) is 8.11. The predicted octanol–water partition coefficient (Wildman–Crippen LogP) is 3.46. The minimum Gasteiger partial charge on any atom is -0.475 e. The molecule has 2 heterocycles. The van der Waals surface area contributed by atoms with E-state index in [1.54, 1.807) is 26.2 Å². The van der Waals surface area contributed by atoms with Gasteiger partial charge in [0.25, 0.3) is 5.91 Å². The standard InChI is InChI=1S/C20H19F3N4O.C2HF3O2/c1-26(2)20(28)10-3-4-18-17(5-10)25-19-7-12(16(24)9-27(18)19)11-6-14(22)15(23)8-13(11)21;3-2(4,5)1(6)7/h3-6,8,12,16H,7,9,24H2,1-2H3;(H,6,7)/t12-,16+;/m1./s1. The fourth-order valence-corrected chi connectivity index (χ4v) is 3.78. The summed E-state index contributed by atoms with van der Waals surface area (Å²) in [5, 5.41) is 7.12. The number of amides is 1. The van der Waals surface area contributed by atoms with E-state index in [4.69, 9.17) is 15.6 Å². The highest BCUT2D eigenvalue weighted by Gasteiger charge is 2.38. The molecule has 0 fully saturated rings. The van der Waals surface area contributed by atoms with E-state index in [-0.39, 0.29) is 17.9 Å². The molecular weight excluding hydrogens is 482 g/mol. The van der Waals surface area contributed by atoms with Crippen molar-refractivity contribution in [2.45, 2.75) is 31.1 Å². The summed E-state index contributed by atoms with van der Waals surface area (Å²) in [6.07, 6.45) is -4.80. The van der Waals surface area contributed by atoms with Gasteiger partial charge in [0.2, 0.25) is 0 Å². The maximum absolute atomic E-state index is 14.3. The van der Waals surface area contributed by atoms with Gasteiger partial charge in [0.1, 0.15) is 11.6 Å². The summed E-state index contributed by atoms with van der Waals surface area (Å²) in [6, 6.07) is 6.18. The van der Waals surface area contributed by atoms with Crippen LogP contribution in [0.1, 0.15) is 27.7 Å². The Hall–Kier alpha value is -3.61. The van der Waals surface area contributed by atoms with Gasteiger partial charge in [-0.3, -0.25) is 4.79 Å². The lowest BCUT2D eigenvalue weighted by Crippen LogP contribution is -2.39. The second kappa shape index (κ2) is 9.56. The van der Waals surface area contributed by atoms with Crippen LogP contribution >= 0.6 is 0 Å². The molecule has 188 valence electrons. The monoisotopic (exact) mass is 502 g/mol. The third-order valence-corrected chi connectivity index (χ3v) is 5.47. The molecule has 35 heavy (non-hydrogen) atoms. The van der Waals surface area contributed by atoms with Crippen molar-refractivity contribution >= 4 is 22.9 Å². The van der Waals surface area contributed by atoms with Gasteiger partial charge in [-0.1, -0.05) is 0 Å². The molecule has 7 nitrogen and oxygen atoms in total. The van der Waals surface area contributed by atoms with Crippen LogP contribution in [0, 0.1) is 17.5 Å². The molecule has 3 N–H and O–H groups in total. The minimum absolute atomic E-state index is 0.0492. The molecule has 1 aliphatic heterocycles. The fourth-order valence-electron chi connectivity index (χ4n) is 3.78. The number of alkyl halides is 3. The molecule has 0 radical (unpaired) electrons. The van der Waals surface area contributed by atoms with Gasteiger partial charge in [0.15, 0.2) is 11.6 Å². The normalized spacial score (nSPS) is 17.4. The number of nitrogens with two attached hydrogens (primary N) is 1. The third-order valence-electron chi connectivity index (χ3n) is 5.47. The molecule has 1 aliphatic rings. The van der Waals surface area contributed by atoms with Crippen molar-refractivity contribution in [3.63, 3.8) is 0 Å². The van der Waals surface area contributed by atoms with E-state index in [0.717, 1.165) is 11.6 Å². The van der Waals surface area contributed by atoms with Crippen molar-refractivity contribution in [3.8, 4) is 0 Å². The van der Waals surface area contributed by atoms with Crippen molar-refractivity contribution in [2.75, 3.05) is 14.1 Å². The van der Waals surface area contributed by atoms with E-state index in [2.05, 4.69) is 4.98 Å². The summed E-state index contributed by atoms with van der Waals surface area (Å²) in [5.74, 6) is -5.89. The molecule has 4 rings (SSSR count). The molecule has 0 spiro atoms. The molecule has 2 atom stereocenters. The van der Waals surface area contributed by atoms with Gasteiger partial charge >= 0.3 is 12.1 Å². The second-order valence-electron chi connectivity index (χ2n) is 8.11. The fraction of sp³-hybridized carbons (Fsp3) is 0.318. The highest BCUT2D eigenvalue weighted by molar-refractivity contribution is 5.97. The predicted molar refractivity (Wildman–Crippen MR) is 112 cm³/mol. The SMILES string of the molecule is CN(C)C(=O)c1ccc2c(c1)nc1n2C[C@H](N)[C@@H](c2cc(F)c(F)cc2F)C1.O=C(O)C(F)(F)F. The Morgan fingerprint density at radius 3 is 2.26 bits per heavy atom. The number of hydrogen-bond acceptors (Lipinski definition) is 4. The van der Waals surface area contributed by atoms with Gasteiger partial charge in [-0.2, -0.15) is 13.2 Å². The quantitative estimate of drug-likeness (QED) is 0.413. The molecule has 1 amide bonds. The van der Waals surface area contributed by atoms with Gasteiger partial charge in [0, 0.05) is 50.7 Å². The zero-order valence-electron chi connectivity index (χ0n) is 18.4. The number of aliphatic carboxylic acids is 1. The molecule has 1 aromatic heterocycles. The Balaban J connectivity index is 0.000000429. The molecule has 0 bridgehead atoms. The zero-order valence-corrected chi connectivity index (χ0v) is 18.4. The summed E-state index contributed by atoms with van der Waals surface area (Å²) in [5.41, 5.74) is 8.29. The van der Waals surface area contributed by atoms with Crippen LogP contribution in [0.25, 0.3) is 11.0 Å². The number of fused-ring (bicyclic) bond motifs is 3. The van der Waals surface area contributed by atoms with Crippen LogP contribution < -0.4 is 5.73 Å². The van der Waals surface area contributed by atoms with Gasteiger partial charge in [-0.25, -0.2) is 22.9 Å². The van der Waals surface area contributed by atoms with Crippen LogP contribution in [-0.4, -0.2) is 57.7 Å². The Kier molecular flexibility index (Phi) is 7.11. The van der Waals surface area contributed by atoms with Crippen molar-refractivity contribution in [2.24, 2.45) is 5.73 Å². The zero-order chi connectivity index (χ0) is 26.2. The summed E-state index contributed by atoms with van der Waals surface area (Å²) in [4.78, 5) is 27.1. The van der Waals surface area contributed by atoms with Gasteiger partial charge < -0.3 is 20.3 Å². The van der Waals surface area contributed by atoms with Crippen LogP contribution in [0.2, 0.25) is 0 Å². The van der Waals surface area contributed by atoms with Gasteiger partial charge in [-0.05, 0) is 29.8 Å². The Morgan fingerprint density at radius 2 is 1.69 bits per heavy atom. The Labute approximate surface area is 194 Å². The van der Waals surface area contributed by atoms with Crippen molar-refractivity contribution < 1.29 is 41.0 Å². The van der Waals surface area contributed by atoms with Crippen LogP contribution in [-0.2, 0) is 17.8 Å². The first-order chi connectivity index (χ1) is 16.2. The Bertz CT molecular complexity index is 1290. The maximum Gasteiger partial charge on any atom is 0.490 e. The lowest BCUT2D eigenvalue weighted by Gasteiger charge is -2.30. The number of benzene rings is 2. The summed E-state index contributed by atoms with van der Waals surface area (Å²) in [6.45, 7) is 0.357. The molecule has 0 unspecified atom stereocenters. The van der Waals surface area contributed by atoms with E-state index in [9.17, 15) is 31.1 Å². The van der Waals surface area contributed by atoms with E-state index in [1.807, 2.05) is 10.6 Å². The number of aromatic nitrogens is 2. The Morgan fingerprint density at radius 1 is 1.09 bits per heavy atom. The van der Waals surface area contributed by atoms with Crippen LogP contribution in [0.4, 0.5) is 26.3 Å². The number of halogens is 6. The molecular formula is C22H20F6N4O3. The maximum atomic E-state index is 14.3. The van der Waals surface area contributed by atoms with E-state index < -0.39 is 41.6 Å². The highest BCUT2D eigenvalue weighted by Crippen LogP contribution is 2.33. The van der Waals surface area contributed by atoms with E-state index in [0.29, 0.717) is 29.5 Å². The minimum atomic E-state index is -5.08. The molecule has 0 aliphatic carbocycles. The number of nitrogens with zero attached hydrogens (tertiary/aromatic N) is 3. The van der Waals surface area contributed by atoms with Crippen LogP contribution in [0.15, 0.2) is 30.3 Å². The summed E-state index contributed by atoms with van der Waals surface area (Å²) >= 11 is 0. The third kappa shape index (κ3) is 5.39. The number of carbonyl (C=O) groups excluding carboxylic acids is 1. The van der Waals surface area contributed by atoms with Crippen molar-refractivity contribution in [1.82, 2.24) is 14.5 Å². The largest absolute Gasteiger partial charge is 0.490 e. The number of rotatable bonds is 2. The lowest BCUT2D eigenvalue weighted by atomic mass is 9.86. The van der Waals surface area contributed by atoms with Crippen molar-refractivity contribution in [3.05, 3.63) is 64.7 Å². The number of carboxylic acids is 1. The number of carbonyl (C=O) groups is 2. The summed E-state index contributed by atoms with van der Waals surface area (Å²) in [7, 11) is 3.34. The van der Waals surface area contributed by atoms with Gasteiger partial charge in [0.05, 0.1) is 11.0 Å². The topological polar surface area (TPSA) is 101 Å². The first kappa shape index (κ1) is 26.0. The molecule has 0 saturated heterocycles. The smallest absolute Gasteiger partial charge is 0.475 e. The number of imidazole rings is 1. The molecule has 3 aromatic rings. The van der Waals surface area contributed by atoms with E-state index in [1.165, 1.54) is 4.90 Å². The lowest BCUT2D eigenvalue weighted by molar-refractivity contribution is -0.192. The first-order valence-corrected chi connectivity index (χ1v) is 10.1. The van der Waals surface area contributed by atoms with Crippen molar-refractivity contribution in [1.29, 1.82) is 0 Å².